The Hall–Kier alpha value is -2.61. The number of carbonyl (C=O) groups excluding carboxylic acids is 1. The summed E-state index contributed by atoms with van der Waals surface area (Å²) in [5, 5.41) is 11.5. The summed E-state index contributed by atoms with van der Waals surface area (Å²) in [4.78, 5) is 13.5. The molecule has 1 aromatic carbocycles. The van der Waals surface area contributed by atoms with Gasteiger partial charge in [0.1, 0.15) is 11.6 Å². The van der Waals surface area contributed by atoms with Gasteiger partial charge in [0.05, 0.1) is 5.75 Å². The molecule has 0 aliphatic rings. The van der Waals surface area contributed by atoms with E-state index in [9.17, 15) is 9.18 Å². The van der Waals surface area contributed by atoms with Crippen molar-refractivity contribution in [1.82, 2.24) is 15.2 Å². The van der Waals surface area contributed by atoms with Crippen molar-refractivity contribution in [1.29, 1.82) is 0 Å². The van der Waals surface area contributed by atoms with Crippen molar-refractivity contribution >= 4 is 29.7 Å². The number of aromatic nitrogens is 3. The molecule has 0 saturated heterocycles. The molecule has 0 fully saturated rings. The maximum atomic E-state index is 12.8. The average molecular weight is 318 g/mol. The Kier molecular flexibility index (Phi) is 4.19. The third kappa shape index (κ3) is 3.53. The van der Waals surface area contributed by atoms with Gasteiger partial charge in [-0.1, -0.05) is 11.8 Å². The second-order valence-corrected chi connectivity index (χ2v) is 5.29. The lowest BCUT2D eigenvalue weighted by atomic mass is 10.3. The molecule has 8 heteroatoms. The molecule has 0 bridgehead atoms. The molecule has 0 atom stereocenters. The number of furan rings is 1. The second kappa shape index (κ2) is 6.44. The van der Waals surface area contributed by atoms with Gasteiger partial charge in [0.15, 0.2) is 17.2 Å². The van der Waals surface area contributed by atoms with Crippen molar-refractivity contribution in [3.8, 4) is 0 Å². The normalized spacial score (nSPS) is 10.6. The summed E-state index contributed by atoms with van der Waals surface area (Å²) in [5.74, 6) is 1.66. The van der Waals surface area contributed by atoms with Crippen LogP contribution in [0.5, 0.6) is 0 Å². The topological polar surface area (TPSA) is 83.8 Å². The van der Waals surface area contributed by atoms with E-state index in [0.717, 1.165) is 0 Å². The molecule has 2 aromatic heterocycles. The number of nitrogens with one attached hydrogen (secondary N) is 2. The van der Waals surface area contributed by atoms with Crippen LogP contribution < -0.4 is 5.32 Å². The first-order valence-electron chi connectivity index (χ1n) is 6.35. The molecule has 0 amide bonds. The molecule has 2 N–H and O–H groups in total. The SMILES string of the molecule is O=Cc1ccc(CSc2nnc(Nc3ccc(F)cc3)[nH]2)o1. The van der Waals surface area contributed by atoms with E-state index < -0.39 is 0 Å². The Bertz CT molecular complexity index is 769. The molecule has 6 nitrogen and oxygen atoms in total. The number of aromatic amines is 1. The zero-order chi connectivity index (χ0) is 15.4. The zero-order valence-electron chi connectivity index (χ0n) is 11.2. The fourth-order valence-electron chi connectivity index (χ4n) is 1.71. The van der Waals surface area contributed by atoms with E-state index in [1.807, 2.05) is 0 Å². The van der Waals surface area contributed by atoms with E-state index in [1.165, 1.54) is 23.9 Å². The van der Waals surface area contributed by atoms with E-state index in [1.54, 1.807) is 24.3 Å². The van der Waals surface area contributed by atoms with E-state index in [4.69, 9.17) is 4.42 Å². The molecule has 0 spiro atoms. The van der Waals surface area contributed by atoms with Crippen LogP contribution in [0.1, 0.15) is 16.3 Å². The number of thioether (sulfide) groups is 1. The lowest BCUT2D eigenvalue weighted by Crippen LogP contribution is -1.92. The number of hydrogen-bond donors (Lipinski definition) is 2. The minimum Gasteiger partial charge on any atom is -0.457 e. The van der Waals surface area contributed by atoms with Crippen molar-refractivity contribution in [2.45, 2.75) is 10.9 Å². The van der Waals surface area contributed by atoms with Gasteiger partial charge in [-0.25, -0.2) is 4.39 Å². The molecule has 0 aliphatic carbocycles. The number of carbonyl (C=O) groups is 1. The number of aldehydes is 1. The summed E-state index contributed by atoms with van der Waals surface area (Å²) in [6, 6.07) is 9.28. The van der Waals surface area contributed by atoms with Gasteiger partial charge in [-0.3, -0.25) is 4.79 Å². The largest absolute Gasteiger partial charge is 0.457 e. The fraction of sp³-hybridized carbons (Fsp3) is 0.0714. The molecule has 0 aliphatic heterocycles. The first-order valence-corrected chi connectivity index (χ1v) is 7.33. The predicted octanol–water partition coefficient (Wildman–Crippen LogP) is 3.39. The zero-order valence-corrected chi connectivity index (χ0v) is 12.1. The highest BCUT2D eigenvalue weighted by molar-refractivity contribution is 7.98. The number of H-pyrrole nitrogens is 1. The van der Waals surface area contributed by atoms with Crippen LogP contribution in [0.25, 0.3) is 0 Å². The molecular weight excluding hydrogens is 307 g/mol. The van der Waals surface area contributed by atoms with Gasteiger partial charge in [-0.2, -0.15) is 0 Å². The van der Waals surface area contributed by atoms with Gasteiger partial charge in [0.25, 0.3) is 0 Å². The summed E-state index contributed by atoms with van der Waals surface area (Å²) < 4.78 is 18.1. The molecule has 112 valence electrons. The molecule has 22 heavy (non-hydrogen) atoms. The number of nitrogens with zero attached hydrogens (tertiary/aromatic N) is 2. The highest BCUT2D eigenvalue weighted by Crippen LogP contribution is 2.22. The molecule has 2 heterocycles. The Morgan fingerprint density at radius 2 is 2.05 bits per heavy atom. The van der Waals surface area contributed by atoms with Crippen LogP contribution in [-0.2, 0) is 5.75 Å². The minimum absolute atomic E-state index is 0.298. The summed E-state index contributed by atoms with van der Waals surface area (Å²) in [5.41, 5.74) is 0.704. The molecular formula is C14H11FN4O2S. The molecule has 0 unspecified atom stereocenters. The summed E-state index contributed by atoms with van der Waals surface area (Å²) in [6.07, 6.45) is 0.660. The summed E-state index contributed by atoms with van der Waals surface area (Å²) in [6.45, 7) is 0. The highest BCUT2D eigenvalue weighted by atomic mass is 32.2. The Balaban J connectivity index is 1.58. The second-order valence-electron chi connectivity index (χ2n) is 4.32. The maximum Gasteiger partial charge on any atom is 0.227 e. The van der Waals surface area contributed by atoms with Gasteiger partial charge in [-0.15, -0.1) is 10.2 Å². The summed E-state index contributed by atoms with van der Waals surface area (Å²) in [7, 11) is 0. The van der Waals surface area contributed by atoms with Crippen LogP contribution in [0.4, 0.5) is 16.0 Å². The lowest BCUT2D eigenvalue weighted by Gasteiger charge is -2.00. The predicted molar refractivity (Wildman–Crippen MR) is 79.7 cm³/mol. The van der Waals surface area contributed by atoms with Gasteiger partial charge < -0.3 is 14.7 Å². The highest BCUT2D eigenvalue weighted by Gasteiger charge is 2.07. The number of hydrogen-bond acceptors (Lipinski definition) is 6. The molecule has 0 saturated carbocycles. The van der Waals surface area contributed by atoms with Gasteiger partial charge in [0, 0.05) is 5.69 Å². The monoisotopic (exact) mass is 318 g/mol. The summed E-state index contributed by atoms with van der Waals surface area (Å²) >= 11 is 1.39. The van der Waals surface area contributed by atoms with E-state index >= 15 is 0 Å². The van der Waals surface area contributed by atoms with E-state index in [-0.39, 0.29) is 5.82 Å². The van der Waals surface area contributed by atoms with Crippen molar-refractivity contribution in [3.63, 3.8) is 0 Å². The molecule has 3 rings (SSSR count). The fourth-order valence-corrected chi connectivity index (χ4v) is 2.41. The Labute approximate surface area is 129 Å². The minimum atomic E-state index is -0.299. The van der Waals surface area contributed by atoms with Crippen molar-refractivity contribution in [2.75, 3.05) is 5.32 Å². The van der Waals surface area contributed by atoms with Crippen molar-refractivity contribution < 1.29 is 13.6 Å². The van der Waals surface area contributed by atoms with Crippen LogP contribution in [0, 0.1) is 5.82 Å². The number of rotatable bonds is 6. The number of halogens is 1. The number of benzene rings is 1. The van der Waals surface area contributed by atoms with Crippen LogP contribution >= 0.6 is 11.8 Å². The lowest BCUT2D eigenvalue weighted by molar-refractivity contribution is 0.109. The smallest absolute Gasteiger partial charge is 0.227 e. The van der Waals surface area contributed by atoms with Crippen molar-refractivity contribution in [2.24, 2.45) is 0 Å². The molecule has 0 radical (unpaired) electrons. The standard InChI is InChI=1S/C14H11FN4O2S/c15-9-1-3-10(4-2-9)16-13-17-14(19-18-13)22-8-12-6-5-11(7-20)21-12/h1-7H,8H2,(H2,16,17,18,19). The van der Waals surface area contributed by atoms with Crippen LogP contribution in [0.15, 0.2) is 46.0 Å². The third-order valence-corrected chi connectivity index (χ3v) is 3.61. The first kappa shape index (κ1) is 14.3. The van der Waals surface area contributed by atoms with E-state index in [2.05, 4.69) is 20.5 Å². The van der Waals surface area contributed by atoms with Crippen LogP contribution in [-0.4, -0.2) is 21.5 Å². The van der Waals surface area contributed by atoms with Crippen molar-refractivity contribution in [3.05, 3.63) is 53.7 Å². The molecule has 3 aromatic rings. The van der Waals surface area contributed by atoms with Gasteiger partial charge >= 0.3 is 0 Å². The number of anilines is 2. The van der Waals surface area contributed by atoms with Gasteiger partial charge in [-0.05, 0) is 36.4 Å². The average Bonchev–Trinajstić information content (AvgIpc) is 3.16. The van der Waals surface area contributed by atoms with E-state index in [0.29, 0.717) is 40.4 Å². The third-order valence-electron chi connectivity index (χ3n) is 2.72. The quantitative estimate of drug-likeness (QED) is 0.535. The first-order chi connectivity index (χ1) is 10.7. The Morgan fingerprint density at radius 3 is 2.77 bits per heavy atom. The van der Waals surface area contributed by atoms with Gasteiger partial charge in [0.2, 0.25) is 5.95 Å². The van der Waals surface area contributed by atoms with Crippen LogP contribution in [0.2, 0.25) is 0 Å². The Morgan fingerprint density at radius 1 is 1.23 bits per heavy atom. The maximum absolute atomic E-state index is 12.8. The van der Waals surface area contributed by atoms with Crippen LogP contribution in [0.3, 0.4) is 0 Å².